The molecule has 1 amide bonds. The van der Waals surface area contributed by atoms with Crippen LogP contribution in [0.2, 0.25) is 10.0 Å². The van der Waals surface area contributed by atoms with Crippen LogP contribution in [0.1, 0.15) is 24.1 Å². The number of hydrogen-bond acceptors (Lipinski definition) is 4. The number of amides is 1. The number of halogens is 2. The van der Waals surface area contributed by atoms with E-state index in [1.807, 2.05) is 55.6 Å². The first-order valence-corrected chi connectivity index (χ1v) is 13.5. The van der Waals surface area contributed by atoms with Crippen LogP contribution in [0, 0.1) is 0 Å². The number of nitrogens with one attached hydrogen (secondary N) is 1. The Morgan fingerprint density at radius 1 is 1.03 bits per heavy atom. The Balaban J connectivity index is 1.84. The Labute approximate surface area is 209 Å². The highest BCUT2D eigenvalue weighted by Gasteiger charge is 2.29. The number of carbonyl (C=O) groups is 1. The van der Waals surface area contributed by atoms with Crippen LogP contribution in [0.4, 0.5) is 0 Å². The van der Waals surface area contributed by atoms with Crippen LogP contribution in [0.15, 0.2) is 82.6 Å². The molecule has 33 heavy (non-hydrogen) atoms. The van der Waals surface area contributed by atoms with E-state index in [9.17, 15) is 13.2 Å². The number of thioether (sulfide) groups is 1. The second kappa shape index (κ2) is 11.4. The lowest BCUT2D eigenvalue weighted by Gasteiger charge is -2.24. The van der Waals surface area contributed by atoms with Gasteiger partial charge in [0.05, 0.1) is 17.6 Å². The fraction of sp³-hybridized carbons (Fsp3) is 0.208. The van der Waals surface area contributed by atoms with Crippen LogP contribution in [0.3, 0.4) is 0 Å². The van der Waals surface area contributed by atoms with E-state index in [0.717, 1.165) is 20.3 Å². The van der Waals surface area contributed by atoms with Gasteiger partial charge in [-0.1, -0.05) is 65.7 Å². The first-order valence-electron chi connectivity index (χ1n) is 10.1. The van der Waals surface area contributed by atoms with Gasteiger partial charge in [0.25, 0.3) is 0 Å². The lowest BCUT2D eigenvalue weighted by atomic mass is 10.1. The zero-order valence-corrected chi connectivity index (χ0v) is 21.3. The molecule has 0 radical (unpaired) electrons. The molecule has 0 aliphatic carbocycles. The molecule has 0 heterocycles. The summed E-state index contributed by atoms with van der Waals surface area (Å²) in [6.45, 7) is 1.50. The first-order chi connectivity index (χ1) is 15.7. The SMILES string of the molecule is CSc1ccc([C@H](C)NC(=O)CN(Cc2ccccc2)S(=O)(=O)c2cc(Cl)ccc2Cl)cc1. The minimum Gasteiger partial charge on any atom is -0.348 e. The zero-order chi connectivity index (χ0) is 24.0. The van der Waals surface area contributed by atoms with Gasteiger partial charge in [0, 0.05) is 16.5 Å². The van der Waals surface area contributed by atoms with Crippen LogP contribution in [-0.4, -0.2) is 31.4 Å². The molecular weight excluding hydrogens is 499 g/mol. The Morgan fingerprint density at radius 2 is 1.70 bits per heavy atom. The van der Waals surface area contributed by atoms with Gasteiger partial charge in [-0.3, -0.25) is 4.79 Å². The van der Waals surface area contributed by atoms with Crippen molar-refractivity contribution in [3.63, 3.8) is 0 Å². The van der Waals surface area contributed by atoms with E-state index < -0.39 is 15.9 Å². The van der Waals surface area contributed by atoms with Crippen molar-refractivity contribution in [2.75, 3.05) is 12.8 Å². The highest BCUT2D eigenvalue weighted by atomic mass is 35.5. The minimum atomic E-state index is -4.10. The largest absolute Gasteiger partial charge is 0.348 e. The van der Waals surface area contributed by atoms with Crippen LogP contribution in [0.5, 0.6) is 0 Å². The number of carbonyl (C=O) groups excluding carboxylic acids is 1. The molecule has 3 aromatic rings. The Hall–Kier alpha value is -2.03. The maximum Gasteiger partial charge on any atom is 0.245 e. The van der Waals surface area contributed by atoms with Crippen LogP contribution < -0.4 is 5.32 Å². The van der Waals surface area contributed by atoms with E-state index in [1.54, 1.807) is 23.9 Å². The third kappa shape index (κ3) is 6.74. The Kier molecular flexibility index (Phi) is 8.84. The standard InChI is InChI=1S/C24H24Cl2N2O3S2/c1-17(19-8-11-21(32-2)12-9-19)27-24(29)16-28(15-18-6-4-3-5-7-18)33(30,31)23-14-20(25)10-13-22(23)26/h3-14,17H,15-16H2,1-2H3,(H,27,29)/t17-/m0/s1. The molecule has 0 aliphatic rings. The molecule has 1 atom stereocenters. The monoisotopic (exact) mass is 522 g/mol. The molecule has 0 spiro atoms. The van der Waals surface area contributed by atoms with Gasteiger partial charge in [-0.15, -0.1) is 11.8 Å². The van der Waals surface area contributed by atoms with Crippen LogP contribution in [0.25, 0.3) is 0 Å². The summed E-state index contributed by atoms with van der Waals surface area (Å²) in [7, 11) is -4.10. The predicted molar refractivity (Wildman–Crippen MR) is 135 cm³/mol. The topological polar surface area (TPSA) is 66.5 Å². The summed E-state index contributed by atoms with van der Waals surface area (Å²) in [4.78, 5) is 13.9. The molecule has 9 heteroatoms. The van der Waals surface area contributed by atoms with Gasteiger partial charge >= 0.3 is 0 Å². The van der Waals surface area contributed by atoms with Crippen LogP contribution >= 0.6 is 35.0 Å². The van der Waals surface area contributed by atoms with E-state index in [1.165, 1.54) is 18.2 Å². The molecule has 0 unspecified atom stereocenters. The Bertz CT molecular complexity index is 1200. The average molecular weight is 524 g/mol. The fourth-order valence-electron chi connectivity index (χ4n) is 3.25. The van der Waals surface area contributed by atoms with Crippen molar-refractivity contribution in [2.24, 2.45) is 0 Å². The molecule has 0 bridgehead atoms. The van der Waals surface area contributed by atoms with Gasteiger partial charge in [-0.05, 0) is 54.6 Å². The number of hydrogen-bond donors (Lipinski definition) is 1. The number of sulfonamides is 1. The highest BCUT2D eigenvalue weighted by molar-refractivity contribution is 7.98. The molecular formula is C24H24Cl2N2O3S2. The normalized spacial score (nSPS) is 12.5. The van der Waals surface area contributed by atoms with Gasteiger partial charge in [0.1, 0.15) is 4.90 Å². The number of rotatable bonds is 9. The summed E-state index contributed by atoms with van der Waals surface area (Å²) in [6, 6.07) is 20.9. The maximum atomic E-state index is 13.5. The maximum absolute atomic E-state index is 13.5. The van der Waals surface area contributed by atoms with Crippen molar-refractivity contribution in [3.8, 4) is 0 Å². The summed E-state index contributed by atoms with van der Waals surface area (Å²) in [5.41, 5.74) is 1.67. The second-order valence-corrected chi connectivity index (χ2v) is 11.0. The van der Waals surface area contributed by atoms with Gasteiger partial charge in [0.2, 0.25) is 15.9 Å². The van der Waals surface area contributed by atoms with Crippen molar-refractivity contribution in [1.82, 2.24) is 9.62 Å². The molecule has 5 nitrogen and oxygen atoms in total. The first kappa shape index (κ1) is 25.6. The summed E-state index contributed by atoms with van der Waals surface area (Å²) < 4.78 is 28.1. The van der Waals surface area contributed by atoms with E-state index in [4.69, 9.17) is 23.2 Å². The van der Waals surface area contributed by atoms with Crippen molar-refractivity contribution >= 4 is 50.9 Å². The smallest absolute Gasteiger partial charge is 0.245 e. The van der Waals surface area contributed by atoms with E-state index >= 15 is 0 Å². The summed E-state index contributed by atoms with van der Waals surface area (Å²) in [6.07, 6.45) is 1.99. The van der Waals surface area contributed by atoms with Gasteiger partial charge < -0.3 is 5.32 Å². The molecule has 3 aromatic carbocycles. The van der Waals surface area contributed by atoms with Crippen molar-refractivity contribution in [1.29, 1.82) is 0 Å². The third-order valence-corrected chi connectivity index (χ3v) is 8.28. The van der Waals surface area contributed by atoms with Crippen LogP contribution in [-0.2, 0) is 21.4 Å². The summed E-state index contributed by atoms with van der Waals surface area (Å²) in [5.74, 6) is -0.422. The number of nitrogens with zero attached hydrogens (tertiary/aromatic N) is 1. The molecule has 0 saturated carbocycles. The van der Waals surface area contributed by atoms with Crippen molar-refractivity contribution in [3.05, 3.63) is 94.0 Å². The van der Waals surface area contributed by atoms with Gasteiger partial charge in [-0.25, -0.2) is 8.42 Å². The van der Waals surface area contributed by atoms with Crippen molar-refractivity contribution < 1.29 is 13.2 Å². The molecule has 0 saturated heterocycles. The molecule has 0 aliphatic heterocycles. The number of benzene rings is 3. The molecule has 3 rings (SSSR count). The van der Waals surface area contributed by atoms with Gasteiger partial charge in [-0.2, -0.15) is 4.31 Å². The van der Waals surface area contributed by atoms with E-state index in [0.29, 0.717) is 0 Å². The second-order valence-electron chi connectivity index (χ2n) is 7.40. The van der Waals surface area contributed by atoms with E-state index in [-0.39, 0.29) is 34.1 Å². The molecule has 1 N–H and O–H groups in total. The molecule has 0 fully saturated rings. The van der Waals surface area contributed by atoms with Crippen molar-refractivity contribution in [2.45, 2.75) is 29.3 Å². The minimum absolute atomic E-state index is 0.0102. The summed E-state index contributed by atoms with van der Waals surface area (Å²) in [5, 5.41) is 3.17. The predicted octanol–water partition coefficient (Wildman–Crippen LogP) is 5.78. The quantitative estimate of drug-likeness (QED) is 0.361. The lowest BCUT2D eigenvalue weighted by molar-refractivity contribution is -0.122. The zero-order valence-electron chi connectivity index (χ0n) is 18.2. The van der Waals surface area contributed by atoms with E-state index in [2.05, 4.69) is 5.32 Å². The Morgan fingerprint density at radius 3 is 2.33 bits per heavy atom. The molecule has 174 valence electrons. The fourth-order valence-corrected chi connectivity index (χ4v) is 5.78. The highest BCUT2D eigenvalue weighted by Crippen LogP contribution is 2.28. The third-order valence-electron chi connectivity index (χ3n) is 5.03. The van der Waals surface area contributed by atoms with Gasteiger partial charge in [0.15, 0.2) is 0 Å². The molecule has 0 aromatic heterocycles. The average Bonchev–Trinajstić information content (AvgIpc) is 2.80. The summed E-state index contributed by atoms with van der Waals surface area (Å²) >= 11 is 13.9. The lowest BCUT2D eigenvalue weighted by Crippen LogP contribution is -2.41.